The molecule has 0 radical (unpaired) electrons. The van der Waals surface area contributed by atoms with Crippen molar-refractivity contribution in [3.05, 3.63) is 0 Å². The van der Waals surface area contributed by atoms with E-state index in [0.29, 0.717) is 11.8 Å². The van der Waals surface area contributed by atoms with Crippen LogP contribution in [0.2, 0.25) is 0 Å². The van der Waals surface area contributed by atoms with Crippen molar-refractivity contribution in [3.8, 4) is 0 Å². The Kier molecular flexibility index (Phi) is 5.07. The van der Waals surface area contributed by atoms with Crippen LogP contribution in [0.4, 0.5) is 0 Å². The predicted octanol–water partition coefficient (Wildman–Crippen LogP) is 2.44. The third-order valence-electron chi connectivity index (χ3n) is 3.95. The summed E-state index contributed by atoms with van der Waals surface area (Å²) in [5.41, 5.74) is 0. The van der Waals surface area contributed by atoms with Crippen LogP contribution in [0.3, 0.4) is 0 Å². The predicted molar refractivity (Wildman–Crippen MR) is 62.5 cm³/mol. The van der Waals surface area contributed by atoms with Crippen molar-refractivity contribution in [1.29, 1.82) is 0 Å². The molecule has 4 atom stereocenters. The molecule has 0 aliphatic heterocycles. The van der Waals surface area contributed by atoms with Gasteiger partial charge in [-0.2, -0.15) is 0 Å². The van der Waals surface area contributed by atoms with Crippen molar-refractivity contribution in [1.82, 2.24) is 0 Å². The summed E-state index contributed by atoms with van der Waals surface area (Å²) < 4.78 is 0. The smallest absolute Gasteiger partial charge is 0.0773 e. The van der Waals surface area contributed by atoms with Gasteiger partial charge in [0.15, 0.2) is 0 Å². The van der Waals surface area contributed by atoms with Crippen molar-refractivity contribution in [2.75, 3.05) is 6.61 Å². The molecule has 15 heavy (non-hydrogen) atoms. The number of hydrogen-bond acceptors (Lipinski definition) is 2. The van der Waals surface area contributed by atoms with Crippen LogP contribution in [0.15, 0.2) is 0 Å². The van der Waals surface area contributed by atoms with Gasteiger partial charge in [-0.25, -0.2) is 0 Å². The van der Waals surface area contributed by atoms with E-state index in [1.54, 1.807) is 0 Å². The molecule has 0 aromatic heterocycles. The van der Waals surface area contributed by atoms with Gasteiger partial charge in [-0.05, 0) is 42.9 Å². The quantitative estimate of drug-likeness (QED) is 0.754. The highest BCUT2D eigenvalue weighted by molar-refractivity contribution is 4.82. The molecule has 2 nitrogen and oxygen atoms in total. The second-order valence-corrected chi connectivity index (χ2v) is 5.66. The fourth-order valence-electron chi connectivity index (χ4n) is 3.09. The molecular weight excluding hydrogens is 188 g/mol. The zero-order valence-electron chi connectivity index (χ0n) is 10.3. The minimum Gasteiger partial charge on any atom is -0.394 e. The van der Waals surface area contributed by atoms with Crippen LogP contribution >= 0.6 is 0 Å². The molecule has 1 fully saturated rings. The molecular formula is C13H26O2. The van der Waals surface area contributed by atoms with E-state index in [1.807, 2.05) is 0 Å². The summed E-state index contributed by atoms with van der Waals surface area (Å²) >= 11 is 0. The molecule has 0 unspecified atom stereocenters. The maximum atomic E-state index is 9.55. The summed E-state index contributed by atoms with van der Waals surface area (Å²) in [6, 6.07) is 0. The monoisotopic (exact) mass is 214 g/mol. The van der Waals surface area contributed by atoms with E-state index in [2.05, 4.69) is 20.8 Å². The van der Waals surface area contributed by atoms with Crippen LogP contribution in [0, 0.1) is 23.7 Å². The molecule has 0 bridgehead atoms. The average molecular weight is 214 g/mol. The zero-order chi connectivity index (χ0) is 11.4. The highest BCUT2D eigenvalue weighted by atomic mass is 16.3. The lowest BCUT2D eigenvalue weighted by Crippen LogP contribution is -2.31. The second kappa shape index (κ2) is 5.86. The normalized spacial score (nSPS) is 34.4. The Morgan fingerprint density at radius 2 is 1.93 bits per heavy atom. The average Bonchev–Trinajstić information content (AvgIpc) is 2.17. The minimum absolute atomic E-state index is 0.0876. The Hall–Kier alpha value is -0.0800. The highest BCUT2D eigenvalue weighted by Crippen LogP contribution is 2.40. The Labute approximate surface area is 93.7 Å². The first kappa shape index (κ1) is 13.0. The first-order chi connectivity index (χ1) is 7.04. The van der Waals surface area contributed by atoms with E-state index >= 15 is 0 Å². The van der Waals surface area contributed by atoms with Crippen LogP contribution in [-0.4, -0.2) is 22.9 Å². The summed E-state index contributed by atoms with van der Waals surface area (Å²) in [6.07, 6.45) is 4.11. The van der Waals surface area contributed by atoms with Gasteiger partial charge in [0, 0.05) is 0 Å². The molecule has 0 spiro atoms. The van der Waals surface area contributed by atoms with Gasteiger partial charge in [-0.15, -0.1) is 0 Å². The Bertz CT molecular complexity index is 179. The van der Waals surface area contributed by atoms with E-state index in [4.69, 9.17) is 5.11 Å². The fraction of sp³-hybridized carbons (Fsp3) is 1.00. The standard InChI is InChI=1S/C13H26O2/c1-9(2)13-5-4-10(3)6-11(13)7-12(15)8-14/h9-15H,4-8H2,1-3H3/t10-,11-,12+,13+/m1/s1. The van der Waals surface area contributed by atoms with Crippen LogP contribution in [0.1, 0.15) is 46.5 Å². The van der Waals surface area contributed by atoms with Crippen LogP contribution in [0.25, 0.3) is 0 Å². The molecule has 0 aromatic carbocycles. The third kappa shape index (κ3) is 3.76. The first-order valence-electron chi connectivity index (χ1n) is 6.33. The fourth-order valence-corrected chi connectivity index (χ4v) is 3.09. The van der Waals surface area contributed by atoms with Gasteiger partial charge in [0.05, 0.1) is 12.7 Å². The van der Waals surface area contributed by atoms with E-state index in [1.165, 1.54) is 19.3 Å². The molecule has 1 saturated carbocycles. The van der Waals surface area contributed by atoms with E-state index in [-0.39, 0.29) is 6.61 Å². The van der Waals surface area contributed by atoms with E-state index in [0.717, 1.165) is 18.3 Å². The lowest BCUT2D eigenvalue weighted by molar-refractivity contribution is 0.0386. The molecule has 2 heteroatoms. The summed E-state index contributed by atoms with van der Waals surface area (Å²) in [6.45, 7) is 6.77. The van der Waals surface area contributed by atoms with Crippen LogP contribution in [-0.2, 0) is 0 Å². The maximum absolute atomic E-state index is 9.55. The zero-order valence-corrected chi connectivity index (χ0v) is 10.3. The maximum Gasteiger partial charge on any atom is 0.0773 e. The van der Waals surface area contributed by atoms with Crippen molar-refractivity contribution in [2.24, 2.45) is 23.7 Å². The van der Waals surface area contributed by atoms with Gasteiger partial charge in [-0.1, -0.05) is 27.2 Å². The van der Waals surface area contributed by atoms with Gasteiger partial charge >= 0.3 is 0 Å². The van der Waals surface area contributed by atoms with Crippen molar-refractivity contribution in [2.45, 2.75) is 52.6 Å². The molecule has 1 rings (SSSR count). The van der Waals surface area contributed by atoms with Gasteiger partial charge < -0.3 is 10.2 Å². The van der Waals surface area contributed by atoms with Crippen molar-refractivity contribution >= 4 is 0 Å². The molecule has 90 valence electrons. The molecule has 2 N–H and O–H groups in total. The third-order valence-corrected chi connectivity index (χ3v) is 3.95. The van der Waals surface area contributed by atoms with Gasteiger partial charge in [0.1, 0.15) is 0 Å². The SMILES string of the molecule is CC(C)[C@@H]1CC[C@@H](C)C[C@@H]1C[C@H](O)CO. The Morgan fingerprint density at radius 1 is 1.27 bits per heavy atom. The van der Waals surface area contributed by atoms with Gasteiger partial charge in [0.25, 0.3) is 0 Å². The topological polar surface area (TPSA) is 40.5 Å². The molecule has 1 aliphatic carbocycles. The van der Waals surface area contributed by atoms with E-state index < -0.39 is 6.10 Å². The Morgan fingerprint density at radius 3 is 2.47 bits per heavy atom. The number of hydrogen-bond donors (Lipinski definition) is 2. The van der Waals surface area contributed by atoms with Crippen LogP contribution < -0.4 is 0 Å². The summed E-state index contributed by atoms with van der Waals surface area (Å²) in [7, 11) is 0. The Balaban J connectivity index is 2.54. The highest BCUT2D eigenvalue weighted by Gasteiger charge is 2.31. The summed E-state index contributed by atoms with van der Waals surface area (Å²) in [4.78, 5) is 0. The summed E-state index contributed by atoms with van der Waals surface area (Å²) in [5.74, 6) is 2.84. The minimum atomic E-state index is -0.512. The van der Waals surface area contributed by atoms with Gasteiger partial charge in [0.2, 0.25) is 0 Å². The number of rotatable bonds is 4. The largest absolute Gasteiger partial charge is 0.394 e. The van der Waals surface area contributed by atoms with Crippen LogP contribution in [0.5, 0.6) is 0 Å². The van der Waals surface area contributed by atoms with Crippen molar-refractivity contribution in [3.63, 3.8) is 0 Å². The molecule has 0 saturated heterocycles. The molecule has 0 aromatic rings. The first-order valence-corrected chi connectivity index (χ1v) is 6.33. The number of aliphatic hydroxyl groups excluding tert-OH is 2. The van der Waals surface area contributed by atoms with E-state index in [9.17, 15) is 5.11 Å². The second-order valence-electron chi connectivity index (χ2n) is 5.66. The lowest BCUT2D eigenvalue weighted by atomic mass is 9.68. The molecule has 1 aliphatic rings. The lowest BCUT2D eigenvalue weighted by Gasteiger charge is -2.38. The summed E-state index contributed by atoms with van der Waals surface area (Å²) in [5, 5.41) is 18.5. The number of aliphatic hydroxyl groups is 2. The van der Waals surface area contributed by atoms with Gasteiger partial charge in [-0.3, -0.25) is 0 Å². The molecule has 0 amide bonds. The van der Waals surface area contributed by atoms with Crippen molar-refractivity contribution < 1.29 is 10.2 Å². The molecule has 0 heterocycles.